The van der Waals surface area contributed by atoms with Crippen LogP contribution in [0, 0.1) is 5.92 Å². The third-order valence-corrected chi connectivity index (χ3v) is 6.48. The lowest BCUT2D eigenvalue weighted by Crippen LogP contribution is -2.62. The maximum atomic E-state index is 12.5. The summed E-state index contributed by atoms with van der Waals surface area (Å²) in [6.45, 7) is 9.00. The van der Waals surface area contributed by atoms with E-state index in [4.69, 9.17) is 4.74 Å². The number of rotatable bonds is 7. The number of hydrogen-bond donors (Lipinski definition) is 0. The molecule has 22 heavy (non-hydrogen) atoms. The summed E-state index contributed by atoms with van der Waals surface area (Å²) in [7, 11) is 2.42. The van der Waals surface area contributed by atoms with Crippen LogP contribution in [0.3, 0.4) is 0 Å². The predicted octanol–water partition coefficient (Wildman–Crippen LogP) is 4.29. The highest BCUT2D eigenvalue weighted by Gasteiger charge is 2.53. The summed E-state index contributed by atoms with van der Waals surface area (Å²) in [6, 6.07) is 2.04. The minimum atomic E-state index is 0.0775. The fourth-order valence-electron chi connectivity index (χ4n) is 4.91. The summed E-state index contributed by atoms with van der Waals surface area (Å²) in [5, 5.41) is 0. The molecule has 0 spiro atoms. The molecule has 0 radical (unpaired) electrons. The fraction of sp³-hybridized carbons (Fsp3) is 0.947. The highest BCUT2D eigenvalue weighted by atomic mass is 16.5. The molecule has 2 heterocycles. The van der Waals surface area contributed by atoms with Crippen molar-refractivity contribution in [3.8, 4) is 0 Å². The molecule has 0 aromatic carbocycles. The van der Waals surface area contributed by atoms with Gasteiger partial charge in [-0.2, -0.15) is 0 Å². The summed E-state index contributed by atoms with van der Waals surface area (Å²) in [5.41, 5.74) is 0. The van der Waals surface area contributed by atoms with Crippen molar-refractivity contribution in [3.05, 3.63) is 0 Å². The number of ether oxygens (including phenoxy) is 1. The lowest BCUT2D eigenvalue weighted by molar-refractivity contribution is -0.968. The van der Waals surface area contributed by atoms with E-state index in [1.807, 2.05) is 0 Å². The summed E-state index contributed by atoms with van der Waals surface area (Å²) in [4.78, 5) is 12.5. The Labute approximate surface area is 137 Å². The maximum Gasteiger partial charge on any atom is 0.309 e. The van der Waals surface area contributed by atoms with E-state index >= 15 is 0 Å². The minimum absolute atomic E-state index is 0.0775. The second-order valence-electron chi connectivity index (χ2n) is 8.01. The largest absolute Gasteiger partial charge is 0.462 e. The van der Waals surface area contributed by atoms with Crippen LogP contribution in [0.15, 0.2) is 0 Å². The zero-order valence-electron chi connectivity index (χ0n) is 15.3. The smallest absolute Gasteiger partial charge is 0.309 e. The number of esters is 1. The average Bonchev–Trinajstić information content (AvgIpc) is 2.65. The first-order valence-electron chi connectivity index (χ1n) is 9.49. The van der Waals surface area contributed by atoms with Gasteiger partial charge in [-0.05, 0) is 26.7 Å². The van der Waals surface area contributed by atoms with Gasteiger partial charge in [0.2, 0.25) is 0 Å². The Morgan fingerprint density at radius 2 is 1.59 bits per heavy atom. The number of hydrogen-bond acceptors (Lipinski definition) is 2. The average molecular weight is 311 g/mol. The standard InChI is InChI=1S/C19H36NO2/c1-6-8-15(9-7-2)19(21)22-18-12-16-10-11-17(13-18)20(16,5)14(3)4/h14-18H,6-13H2,1-5H3/q+1/t16-,17+,18?,20?. The number of nitrogens with zero attached hydrogens (tertiary/aromatic N) is 1. The Hall–Kier alpha value is -0.570. The van der Waals surface area contributed by atoms with Crippen LogP contribution >= 0.6 is 0 Å². The monoisotopic (exact) mass is 310 g/mol. The van der Waals surface area contributed by atoms with Crippen molar-refractivity contribution in [3.63, 3.8) is 0 Å². The zero-order valence-corrected chi connectivity index (χ0v) is 15.3. The Morgan fingerprint density at radius 3 is 2.00 bits per heavy atom. The van der Waals surface area contributed by atoms with Crippen LogP contribution in [0.2, 0.25) is 0 Å². The van der Waals surface area contributed by atoms with Gasteiger partial charge in [0, 0.05) is 25.7 Å². The molecule has 2 fully saturated rings. The van der Waals surface area contributed by atoms with E-state index in [-0.39, 0.29) is 18.0 Å². The van der Waals surface area contributed by atoms with E-state index in [0.717, 1.165) is 38.5 Å². The van der Waals surface area contributed by atoms with E-state index < -0.39 is 0 Å². The van der Waals surface area contributed by atoms with Crippen molar-refractivity contribution in [2.24, 2.45) is 5.92 Å². The first-order chi connectivity index (χ1) is 10.4. The highest BCUT2D eigenvalue weighted by molar-refractivity contribution is 5.72. The molecule has 3 heteroatoms. The molecule has 2 unspecified atom stereocenters. The molecule has 0 aliphatic carbocycles. The molecule has 3 nitrogen and oxygen atoms in total. The molecular formula is C19H36NO2+. The van der Waals surface area contributed by atoms with Crippen molar-refractivity contribution in [2.45, 2.75) is 103 Å². The second-order valence-corrected chi connectivity index (χ2v) is 8.01. The van der Waals surface area contributed by atoms with Crippen molar-refractivity contribution < 1.29 is 14.0 Å². The van der Waals surface area contributed by atoms with Crippen LogP contribution in [0.1, 0.15) is 79.1 Å². The molecule has 0 N–H and O–H groups in total. The van der Waals surface area contributed by atoms with Gasteiger partial charge in [-0.1, -0.05) is 26.7 Å². The van der Waals surface area contributed by atoms with Crippen molar-refractivity contribution in [2.75, 3.05) is 7.05 Å². The molecule has 2 saturated heterocycles. The van der Waals surface area contributed by atoms with Crippen LogP contribution < -0.4 is 0 Å². The Kier molecular flexibility index (Phi) is 5.93. The topological polar surface area (TPSA) is 26.3 Å². The fourth-order valence-corrected chi connectivity index (χ4v) is 4.91. The molecule has 0 saturated carbocycles. The van der Waals surface area contributed by atoms with E-state index in [1.165, 1.54) is 17.3 Å². The lowest BCUT2D eigenvalue weighted by Gasteiger charge is -2.49. The molecule has 0 amide bonds. The summed E-state index contributed by atoms with van der Waals surface area (Å²) in [5.74, 6) is 0.203. The van der Waals surface area contributed by atoms with Gasteiger partial charge in [0.15, 0.2) is 0 Å². The highest BCUT2D eigenvalue weighted by Crippen LogP contribution is 2.44. The number of carbonyl (C=O) groups is 1. The van der Waals surface area contributed by atoms with Gasteiger partial charge in [0.05, 0.1) is 31.1 Å². The third-order valence-electron chi connectivity index (χ3n) is 6.48. The summed E-state index contributed by atoms with van der Waals surface area (Å²) < 4.78 is 7.16. The Bertz CT molecular complexity index is 360. The minimum Gasteiger partial charge on any atom is -0.462 e. The first-order valence-corrected chi connectivity index (χ1v) is 9.49. The zero-order chi connectivity index (χ0) is 16.3. The maximum absolute atomic E-state index is 12.5. The molecule has 0 aromatic heterocycles. The SMILES string of the molecule is CCCC(CCC)C(=O)OC1C[C@H]2CC[C@@H](C1)[N+]2(C)C(C)C. The van der Waals surface area contributed by atoms with Gasteiger partial charge in [0.1, 0.15) is 6.10 Å². The first kappa shape index (κ1) is 17.8. The summed E-state index contributed by atoms with van der Waals surface area (Å²) >= 11 is 0. The molecule has 2 aliphatic rings. The van der Waals surface area contributed by atoms with Crippen molar-refractivity contribution in [1.82, 2.24) is 0 Å². The molecule has 2 rings (SSSR count). The van der Waals surface area contributed by atoms with Crippen LogP contribution in [0.4, 0.5) is 0 Å². The van der Waals surface area contributed by atoms with Gasteiger partial charge in [-0.3, -0.25) is 4.79 Å². The van der Waals surface area contributed by atoms with Gasteiger partial charge in [-0.15, -0.1) is 0 Å². The van der Waals surface area contributed by atoms with Gasteiger partial charge >= 0.3 is 5.97 Å². The van der Waals surface area contributed by atoms with Crippen LogP contribution in [-0.4, -0.2) is 41.7 Å². The van der Waals surface area contributed by atoms with Gasteiger partial charge in [-0.25, -0.2) is 0 Å². The molecule has 128 valence electrons. The third kappa shape index (κ3) is 3.34. The Morgan fingerprint density at radius 1 is 1.09 bits per heavy atom. The molecule has 4 atom stereocenters. The number of carbonyl (C=O) groups excluding carboxylic acids is 1. The van der Waals surface area contributed by atoms with Gasteiger partial charge < -0.3 is 9.22 Å². The predicted molar refractivity (Wildman–Crippen MR) is 90.6 cm³/mol. The van der Waals surface area contributed by atoms with E-state index in [9.17, 15) is 4.79 Å². The second kappa shape index (κ2) is 7.33. The number of quaternary nitrogens is 1. The molecule has 2 aliphatic heterocycles. The van der Waals surface area contributed by atoms with E-state index in [0.29, 0.717) is 18.1 Å². The molecule has 0 aromatic rings. The quantitative estimate of drug-likeness (QED) is 0.518. The van der Waals surface area contributed by atoms with Crippen LogP contribution in [-0.2, 0) is 9.53 Å². The molecule has 2 bridgehead atoms. The lowest BCUT2D eigenvalue weighted by atomic mass is 9.94. The summed E-state index contributed by atoms with van der Waals surface area (Å²) in [6.07, 6.45) is 9.02. The molecular weight excluding hydrogens is 274 g/mol. The Balaban J connectivity index is 1.95. The van der Waals surface area contributed by atoms with Crippen molar-refractivity contribution in [1.29, 1.82) is 0 Å². The number of fused-ring (bicyclic) bond motifs is 2. The normalized spacial score (nSPS) is 34.4. The number of piperidine rings is 1. The van der Waals surface area contributed by atoms with Crippen LogP contribution in [0.5, 0.6) is 0 Å². The van der Waals surface area contributed by atoms with E-state index in [2.05, 4.69) is 34.7 Å². The van der Waals surface area contributed by atoms with Gasteiger partial charge in [0.25, 0.3) is 0 Å². The van der Waals surface area contributed by atoms with E-state index in [1.54, 1.807) is 0 Å². The van der Waals surface area contributed by atoms with Crippen LogP contribution in [0.25, 0.3) is 0 Å². The van der Waals surface area contributed by atoms with Crippen molar-refractivity contribution >= 4 is 5.97 Å².